The van der Waals surface area contributed by atoms with Crippen molar-refractivity contribution in [3.63, 3.8) is 0 Å². The Labute approximate surface area is 136 Å². The van der Waals surface area contributed by atoms with E-state index in [4.69, 9.17) is 21.7 Å². The van der Waals surface area contributed by atoms with Crippen LogP contribution >= 0.6 is 34.2 Å². The number of alkyl carbamates (subject to hydrolysis) is 1. The summed E-state index contributed by atoms with van der Waals surface area (Å²) in [5, 5.41) is 10.7. The maximum Gasteiger partial charge on any atom is 0.411 e. The monoisotopic (exact) mass is 413 g/mol. The van der Waals surface area contributed by atoms with Crippen molar-refractivity contribution in [3.8, 4) is 0 Å². The number of nitrogens with one attached hydrogen (secondary N) is 2. The predicted molar refractivity (Wildman–Crippen MR) is 90.3 cm³/mol. The van der Waals surface area contributed by atoms with Crippen molar-refractivity contribution in [1.82, 2.24) is 5.32 Å². The van der Waals surface area contributed by atoms with Crippen LogP contribution in [0.15, 0.2) is 31.9 Å². The molecule has 1 amide bonds. The molecule has 0 heterocycles. The minimum atomic E-state index is -0.590. The summed E-state index contributed by atoms with van der Waals surface area (Å²) < 4.78 is 5.76. The normalized spacial score (nSPS) is 19.4. The van der Waals surface area contributed by atoms with Crippen LogP contribution in [0.3, 0.4) is 0 Å². The van der Waals surface area contributed by atoms with Crippen molar-refractivity contribution in [2.45, 2.75) is 13.3 Å². The van der Waals surface area contributed by atoms with E-state index in [1.807, 2.05) is 34.7 Å². The SMILES string of the molecule is CC(=N)/C(NC(=O)OCC1CC=CC=C1Cl)=C(\[SH2+])I. The molecule has 0 aliphatic heterocycles. The fraction of sp³-hybridized carbons (Fsp3) is 0.333. The second-order valence-corrected chi connectivity index (χ2v) is 6.98. The lowest BCUT2D eigenvalue weighted by molar-refractivity contribution is 0.137. The topological polar surface area (TPSA) is 62.2 Å². The first-order valence-electron chi connectivity index (χ1n) is 5.54. The van der Waals surface area contributed by atoms with Gasteiger partial charge in [-0.05, 0) is 19.4 Å². The summed E-state index contributed by atoms with van der Waals surface area (Å²) in [4.78, 5) is 11.6. The van der Waals surface area contributed by atoms with Gasteiger partial charge in [0.05, 0.1) is 5.71 Å². The van der Waals surface area contributed by atoms with Gasteiger partial charge in [-0.3, -0.25) is 5.32 Å². The zero-order valence-electron chi connectivity index (χ0n) is 10.3. The molecule has 19 heavy (non-hydrogen) atoms. The molecule has 4 nitrogen and oxygen atoms in total. The highest BCUT2D eigenvalue weighted by molar-refractivity contribution is 14.1. The second-order valence-electron chi connectivity index (χ2n) is 3.95. The lowest BCUT2D eigenvalue weighted by Crippen LogP contribution is -2.29. The Morgan fingerprint density at radius 3 is 2.95 bits per heavy atom. The van der Waals surface area contributed by atoms with E-state index in [0.29, 0.717) is 13.6 Å². The average molecular weight is 414 g/mol. The number of hydrogen-bond acceptors (Lipinski definition) is 3. The van der Waals surface area contributed by atoms with Gasteiger partial charge in [0, 0.05) is 46.2 Å². The molecule has 1 aliphatic rings. The highest BCUT2D eigenvalue weighted by Crippen LogP contribution is 2.23. The summed E-state index contributed by atoms with van der Waals surface area (Å²) in [5.74, 6) is 0.00787. The van der Waals surface area contributed by atoms with Gasteiger partial charge in [-0.1, -0.05) is 23.8 Å². The van der Waals surface area contributed by atoms with Crippen LogP contribution in [-0.4, -0.2) is 18.4 Å². The first kappa shape index (κ1) is 16.6. The van der Waals surface area contributed by atoms with Gasteiger partial charge >= 0.3 is 6.09 Å². The third kappa shape index (κ3) is 5.58. The molecule has 1 aliphatic carbocycles. The van der Waals surface area contributed by atoms with E-state index in [0.717, 1.165) is 6.42 Å². The Balaban J connectivity index is 2.49. The summed E-state index contributed by atoms with van der Waals surface area (Å²) >= 11 is 11.3. The smallest absolute Gasteiger partial charge is 0.411 e. The molecular weight excluding hydrogens is 399 g/mol. The van der Waals surface area contributed by atoms with Gasteiger partial charge in [0.15, 0.2) is 0 Å². The third-order valence-electron chi connectivity index (χ3n) is 2.44. The molecule has 104 valence electrons. The van der Waals surface area contributed by atoms with Crippen molar-refractivity contribution < 1.29 is 9.53 Å². The molecule has 0 radical (unpaired) electrons. The second kappa shape index (κ2) is 7.96. The van der Waals surface area contributed by atoms with Crippen LogP contribution in [0.2, 0.25) is 0 Å². The molecule has 0 aromatic carbocycles. The lowest BCUT2D eigenvalue weighted by atomic mass is 10.0. The molecule has 0 bridgehead atoms. The van der Waals surface area contributed by atoms with Crippen LogP contribution in [0.5, 0.6) is 0 Å². The van der Waals surface area contributed by atoms with Gasteiger partial charge in [-0.2, -0.15) is 0 Å². The predicted octanol–water partition coefficient (Wildman–Crippen LogP) is 3.07. The molecule has 1 atom stereocenters. The van der Waals surface area contributed by atoms with Gasteiger partial charge < -0.3 is 10.1 Å². The molecule has 1 unspecified atom stereocenters. The van der Waals surface area contributed by atoms with Gasteiger partial charge in [0.1, 0.15) is 12.3 Å². The number of amides is 1. The maximum atomic E-state index is 11.6. The average Bonchev–Trinajstić information content (AvgIpc) is 2.34. The molecule has 0 aromatic rings. The summed E-state index contributed by atoms with van der Waals surface area (Å²) in [6.45, 7) is 1.80. The molecule has 0 spiro atoms. The Bertz CT molecular complexity index is 470. The number of rotatable bonds is 4. The number of carbonyl (C=O) groups is 1. The Kier molecular flexibility index (Phi) is 6.95. The van der Waals surface area contributed by atoms with Crippen molar-refractivity contribution in [2.75, 3.05) is 6.61 Å². The molecule has 0 fully saturated rings. The van der Waals surface area contributed by atoms with E-state index in [9.17, 15) is 4.79 Å². The van der Waals surface area contributed by atoms with E-state index >= 15 is 0 Å². The van der Waals surface area contributed by atoms with E-state index in [1.165, 1.54) is 0 Å². The number of allylic oxidation sites excluding steroid dienone is 4. The lowest BCUT2D eigenvalue weighted by Gasteiger charge is -2.17. The van der Waals surface area contributed by atoms with E-state index in [1.54, 1.807) is 13.0 Å². The van der Waals surface area contributed by atoms with Crippen LogP contribution in [0, 0.1) is 11.3 Å². The molecule has 1 rings (SSSR count). The van der Waals surface area contributed by atoms with Crippen LogP contribution in [0.1, 0.15) is 13.3 Å². The summed E-state index contributed by atoms with van der Waals surface area (Å²) in [5.41, 5.74) is 0.641. The van der Waals surface area contributed by atoms with Crippen molar-refractivity contribution in [3.05, 3.63) is 31.9 Å². The zero-order valence-corrected chi connectivity index (χ0v) is 14.2. The molecule has 0 saturated carbocycles. The molecule has 0 aromatic heterocycles. The number of carbonyl (C=O) groups excluding carboxylic acids is 1. The van der Waals surface area contributed by atoms with Gasteiger partial charge in [-0.15, -0.1) is 0 Å². The molecule has 7 heteroatoms. The zero-order chi connectivity index (χ0) is 14.4. The minimum absolute atomic E-state index is 0.00787. The van der Waals surface area contributed by atoms with E-state index in [-0.39, 0.29) is 18.2 Å². The fourth-order valence-electron chi connectivity index (χ4n) is 1.43. The van der Waals surface area contributed by atoms with E-state index in [2.05, 4.69) is 17.9 Å². The van der Waals surface area contributed by atoms with Crippen LogP contribution in [0.25, 0.3) is 0 Å². The van der Waals surface area contributed by atoms with Gasteiger partial charge in [0.2, 0.25) is 2.91 Å². The fourth-order valence-corrected chi connectivity index (χ4v) is 2.44. The molecule has 0 saturated heterocycles. The van der Waals surface area contributed by atoms with Crippen LogP contribution in [-0.2, 0) is 17.4 Å². The van der Waals surface area contributed by atoms with Crippen molar-refractivity contribution in [2.24, 2.45) is 5.92 Å². The summed E-state index contributed by atoms with van der Waals surface area (Å²) in [6, 6.07) is 0. The minimum Gasteiger partial charge on any atom is -0.449 e. The third-order valence-corrected chi connectivity index (χ3v) is 3.66. The Morgan fingerprint density at radius 2 is 2.42 bits per heavy atom. The van der Waals surface area contributed by atoms with Crippen molar-refractivity contribution >= 4 is 58.6 Å². The Morgan fingerprint density at radius 1 is 1.74 bits per heavy atom. The van der Waals surface area contributed by atoms with Crippen LogP contribution in [0.4, 0.5) is 4.79 Å². The molecular formula is C12H15ClIN2O2S+. The van der Waals surface area contributed by atoms with Gasteiger partial charge in [-0.25, -0.2) is 4.79 Å². The van der Waals surface area contributed by atoms with Crippen LogP contribution < -0.4 is 5.32 Å². The first-order chi connectivity index (χ1) is 8.91. The van der Waals surface area contributed by atoms with Gasteiger partial charge in [0.25, 0.3) is 0 Å². The van der Waals surface area contributed by atoms with Crippen molar-refractivity contribution in [1.29, 1.82) is 5.41 Å². The Hall–Kier alpha value is -0.470. The summed E-state index contributed by atoms with van der Waals surface area (Å²) in [7, 11) is 0. The summed E-state index contributed by atoms with van der Waals surface area (Å²) in [6.07, 6.45) is 5.82. The quantitative estimate of drug-likeness (QED) is 0.423. The highest BCUT2D eigenvalue weighted by atomic mass is 127. The first-order valence-corrected chi connectivity index (χ1v) is 7.50. The molecule has 2 N–H and O–H groups in total. The number of halogens is 2. The van der Waals surface area contributed by atoms with E-state index < -0.39 is 6.09 Å². The largest absolute Gasteiger partial charge is 0.449 e. The number of hydrogen-bond donors (Lipinski definition) is 2. The maximum absolute atomic E-state index is 11.6. The number of ether oxygens (including phenoxy) is 1. The standard InChI is InChI=1S/C12H14ClIN2O2S/c1-7(15)10(11(14)19)16-12(17)18-6-8-4-2-3-5-9(8)13/h2-3,5,8,15,19H,4,6H2,1H3,(H,16,17)/p+1/b11-10+,15-7?. The highest BCUT2D eigenvalue weighted by Gasteiger charge is 2.18.